The minimum absolute atomic E-state index is 0.00157. The summed E-state index contributed by atoms with van der Waals surface area (Å²) >= 11 is 5.95. The summed E-state index contributed by atoms with van der Waals surface area (Å²) in [5.41, 5.74) is 6.03. The quantitative estimate of drug-likeness (QED) is 0.684. The Morgan fingerprint density at radius 3 is 2.64 bits per heavy atom. The summed E-state index contributed by atoms with van der Waals surface area (Å²) in [4.78, 5) is 15.4. The van der Waals surface area contributed by atoms with E-state index in [9.17, 15) is 4.79 Å². The highest BCUT2D eigenvalue weighted by Gasteiger charge is 2.33. The van der Waals surface area contributed by atoms with Gasteiger partial charge in [-0.15, -0.1) is 0 Å². The highest BCUT2D eigenvalue weighted by molar-refractivity contribution is 6.30. The van der Waals surface area contributed by atoms with E-state index in [0.717, 1.165) is 25.3 Å². The van der Waals surface area contributed by atoms with Gasteiger partial charge in [-0.25, -0.2) is 0 Å². The molecule has 0 spiro atoms. The largest absolute Gasteiger partial charge is 0.335 e. The lowest BCUT2D eigenvalue weighted by Gasteiger charge is -2.27. The molecule has 4 nitrogen and oxygen atoms in total. The first kappa shape index (κ1) is 17.8. The smallest absolute Gasteiger partial charge is 0.244 e. The first-order chi connectivity index (χ1) is 13.6. The van der Waals surface area contributed by atoms with Crippen LogP contribution in [0.2, 0.25) is 5.02 Å². The lowest BCUT2D eigenvalue weighted by atomic mass is 9.94. The van der Waals surface area contributed by atoms with Gasteiger partial charge in [-0.3, -0.25) is 9.69 Å². The number of aryl methyl sites for hydroxylation is 1. The van der Waals surface area contributed by atoms with Crippen LogP contribution in [-0.2, 0) is 17.9 Å². The van der Waals surface area contributed by atoms with Crippen molar-refractivity contribution in [3.63, 3.8) is 0 Å². The zero-order valence-electron chi connectivity index (χ0n) is 16.0. The Kier molecular flexibility index (Phi) is 4.41. The molecule has 0 aliphatic carbocycles. The third kappa shape index (κ3) is 3.11. The molecular weight excluding hydrogens is 370 g/mol. The molecule has 2 bridgehead atoms. The number of carbonyl (C=O) groups excluding carboxylic acids is 1. The van der Waals surface area contributed by atoms with Gasteiger partial charge in [0.25, 0.3) is 0 Å². The molecule has 2 aromatic carbocycles. The van der Waals surface area contributed by atoms with E-state index < -0.39 is 0 Å². The number of benzene rings is 2. The number of piperidine rings is 1. The van der Waals surface area contributed by atoms with Crippen LogP contribution in [0.4, 0.5) is 5.69 Å². The first-order valence-electron chi connectivity index (χ1n) is 9.98. The predicted octanol–water partition coefficient (Wildman–Crippen LogP) is 4.93. The van der Waals surface area contributed by atoms with E-state index in [4.69, 9.17) is 11.6 Å². The molecule has 28 heavy (non-hydrogen) atoms. The second kappa shape index (κ2) is 6.94. The van der Waals surface area contributed by atoms with E-state index in [2.05, 4.69) is 39.9 Å². The number of fused-ring (bicyclic) bond motifs is 3. The van der Waals surface area contributed by atoms with Gasteiger partial charge in [-0.1, -0.05) is 23.2 Å². The molecule has 3 aliphatic heterocycles. The van der Waals surface area contributed by atoms with Gasteiger partial charge in [-0.2, -0.15) is 0 Å². The normalized spacial score (nSPS) is 20.8. The molecule has 0 unspecified atom stereocenters. The van der Waals surface area contributed by atoms with Gasteiger partial charge in [0.2, 0.25) is 5.91 Å². The molecule has 4 heterocycles. The van der Waals surface area contributed by atoms with Crippen LogP contribution in [-0.4, -0.2) is 28.5 Å². The van der Waals surface area contributed by atoms with Crippen LogP contribution in [0.15, 0.2) is 42.5 Å². The maximum Gasteiger partial charge on any atom is 0.244 e. The Labute approximate surface area is 170 Å². The molecule has 1 fully saturated rings. The van der Waals surface area contributed by atoms with E-state index in [1.807, 2.05) is 12.1 Å². The van der Waals surface area contributed by atoms with Gasteiger partial charge in [0.05, 0.1) is 0 Å². The van der Waals surface area contributed by atoms with Crippen molar-refractivity contribution in [1.29, 1.82) is 0 Å². The molecule has 0 radical (unpaired) electrons. The molecule has 0 atom stereocenters. The topological polar surface area (TPSA) is 37.3 Å². The van der Waals surface area contributed by atoms with Crippen LogP contribution in [0.25, 0.3) is 10.9 Å². The Hall–Kier alpha value is -2.30. The molecule has 0 saturated carbocycles. The van der Waals surface area contributed by atoms with Gasteiger partial charge >= 0.3 is 0 Å². The second-order valence-corrected chi connectivity index (χ2v) is 8.51. The van der Waals surface area contributed by atoms with Gasteiger partial charge in [0.15, 0.2) is 0 Å². The molecular formula is C23H24ClN3O. The first-order valence-corrected chi connectivity index (χ1v) is 10.4. The number of amides is 1. The summed E-state index contributed by atoms with van der Waals surface area (Å²) < 4.78 is 2.27. The molecule has 1 aromatic heterocycles. The number of rotatable bonds is 3. The highest BCUT2D eigenvalue weighted by Crippen LogP contribution is 2.41. The van der Waals surface area contributed by atoms with Crippen LogP contribution in [0, 0.1) is 6.92 Å². The van der Waals surface area contributed by atoms with Gasteiger partial charge in [0.1, 0.15) is 6.54 Å². The third-order valence-electron chi connectivity index (χ3n) is 6.15. The minimum Gasteiger partial charge on any atom is -0.335 e. The fourth-order valence-corrected chi connectivity index (χ4v) is 4.95. The van der Waals surface area contributed by atoms with Crippen LogP contribution >= 0.6 is 11.6 Å². The van der Waals surface area contributed by atoms with Crippen molar-refractivity contribution in [2.45, 2.75) is 38.8 Å². The standard InChI is InChI=1S/C23H24ClN3O/c1-15-2-7-21-19(12-15)20-13-26-10-8-16(9-11-26)23(20)27(21)14-22(28)25-18-5-3-17(24)4-6-18/h2-7,12,16H,8-11,13-14H2,1H3,(H,25,28). The summed E-state index contributed by atoms with van der Waals surface area (Å²) in [5, 5.41) is 5.00. The van der Waals surface area contributed by atoms with Crippen molar-refractivity contribution < 1.29 is 4.79 Å². The van der Waals surface area contributed by atoms with E-state index in [1.165, 1.54) is 40.6 Å². The molecule has 5 heteroatoms. The number of halogens is 1. The molecule has 1 amide bonds. The van der Waals surface area contributed by atoms with Crippen molar-refractivity contribution in [3.05, 3.63) is 64.3 Å². The van der Waals surface area contributed by atoms with Crippen molar-refractivity contribution in [3.8, 4) is 0 Å². The zero-order chi connectivity index (χ0) is 19.3. The Balaban J connectivity index is 1.54. The van der Waals surface area contributed by atoms with Gasteiger partial charge < -0.3 is 9.88 Å². The van der Waals surface area contributed by atoms with Crippen molar-refractivity contribution >= 4 is 34.1 Å². The number of nitrogens with one attached hydrogen (secondary N) is 1. The Morgan fingerprint density at radius 2 is 1.89 bits per heavy atom. The predicted molar refractivity (Wildman–Crippen MR) is 114 cm³/mol. The monoisotopic (exact) mass is 393 g/mol. The fraction of sp³-hybridized carbons (Fsp3) is 0.348. The molecule has 144 valence electrons. The molecule has 3 aromatic rings. The average molecular weight is 394 g/mol. The number of hydrogen-bond acceptors (Lipinski definition) is 2. The van der Waals surface area contributed by atoms with Crippen molar-refractivity contribution in [2.75, 3.05) is 18.4 Å². The average Bonchev–Trinajstić information content (AvgIpc) is 2.83. The van der Waals surface area contributed by atoms with Gasteiger partial charge in [-0.05, 0) is 74.8 Å². The van der Waals surface area contributed by atoms with Crippen LogP contribution < -0.4 is 5.32 Å². The van der Waals surface area contributed by atoms with Gasteiger partial charge in [0, 0.05) is 39.8 Å². The van der Waals surface area contributed by atoms with E-state index in [1.54, 1.807) is 12.1 Å². The molecule has 6 rings (SSSR count). The van der Waals surface area contributed by atoms with E-state index >= 15 is 0 Å². The molecule has 1 saturated heterocycles. The highest BCUT2D eigenvalue weighted by atomic mass is 35.5. The van der Waals surface area contributed by atoms with E-state index in [-0.39, 0.29) is 5.91 Å². The summed E-state index contributed by atoms with van der Waals surface area (Å²) in [6.45, 7) is 5.79. The lowest BCUT2D eigenvalue weighted by molar-refractivity contribution is -0.116. The maximum absolute atomic E-state index is 12.9. The van der Waals surface area contributed by atoms with Crippen LogP contribution in [0.1, 0.15) is 35.6 Å². The number of carbonyl (C=O) groups is 1. The molecule has 3 aliphatic rings. The molecule has 1 N–H and O–H groups in total. The second-order valence-electron chi connectivity index (χ2n) is 8.08. The third-order valence-corrected chi connectivity index (χ3v) is 6.41. The van der Waals surface area contributed by atoms with Crippen molar-refractivity contribution in [2.24, 2.45) is 0 Å². The van der Waals surface area contributed by atoms with E-state index in [0.29, 0.717) is 17.5 Å². The minimum atomic E-state index is 0.00157. The lowest BCUT2D eigenvalue weighted by Crippen LogP contribution is -2.29. The summed E-state index contributed by atoms with van der Waals surface area (Å²) in [6.07, 6.45) is 2.36. The van der Waals surface area contributed by atoms with Crippen LogP contribution in [0.5, 0.6) is 0 Å². The maximum atomic E-state index is 12.9. The number of hydrogen-bond donors (Lipinski definition) is 1. The van der Waals surface area contributed by atoms with Crippen LogP contribution in [0.3, 0.4) is 0 Å². The SMILES string of the molecule is Cc1ccc2c(c1)c1c(n2CC(=O)Nc2ccc(Cl)cc2)C2CCN(CC2)C1. The fourth-order valence-electron chi connectivity index (χ4n) is 4.83. The number of anilines is 1. The summed E-state index contributed by atoms with van der Waals surface area (Å²) in [5.74, 6) is 0.548. The Bertz CT molecular complexity index is 1050. The summed E-state index contributed by atoms with van der Waals surface area (Å²) in [6, 6.07) is 13.9. The van der Waals surface area contributed by atoms with Crippen molar-refractivity contribution in [1.82, 2.24) is 9.47 Å². The summed E-state index contributed by atoms with van der Waals surface area (Å²) in [7, 11) is 0. The number of aromatic nitrogens is 1. The Morgan fingerprint density at radius 1 is 1.14 bits per heavy atom. The zero-order valence-corrected chi connectivity index (χ0v) is 16.8. The number of nitrogens with zero attached hydrogens (tertiary/aromatic N) is 2.